The largest absolute Gasteiger partial charge is 0.507 e. The Kier molecular flexibility index (Phi) is 6.03. The van der Waals surface area contributed by atoms with Crippen molar-refractivity contribution in [2.75, 3.05) is 25.1 Å². The molecule has 0 radical (unpaired) electrons. The van der Waals surface area contributed by atoms with Gasteiger partial charge in [-0.3, -0.25) is 4.99 Å². The van der Waals surface area contributed by atoms with Gasteiger partial charge in [0, 0.05) is 36.6 Å². The van der Waals surface area contributed by atoms with E-state index in [1.54, 1.807) is 19.1 Å². The summed E-state index contributed by atoms with van der Waals surface area (Å²) >= 11 is 0. The lowest BCUT2D eigenvalue weighted by atomic mass is 10.1. The number of benzene rings is 1. The number of anilines is 1. The Balaban J connectivity index is 2.88. The van der Waals surface area contributed by atoms with E-state index in [2.05, 4.69) is 28.5 Å². The Hall–Kier alpha value is -2.04. The van der Waals surface area contributed by atoms with E-state index in [1.165, 1.54) is 13.3 Å². The molecule has 1 rings (SSSR count). The summed E-state index contributed by atoms with van der Waals surface area (Å²) in [6.07, 6.45) is 1.49. The van der Waals surface area contributed by atoms with E-state index in [0.29, 0.717) is 5.56 Å². The zero-order valence-electron chi connectivity index (χ0n) is 12.5. The summed E-state index contributed by atoms with van der Waals surface area (Å²) in [5.41, 5.74) is 1.54. The van der Waals surface area contributed by atoms with Crippen molar-refractivity contribution < 1.29 is 14.6 Å². The van der Waals surface area contributed by atoms with Crippen molar-refractivity contribution in [1.82, 2.24) is 0 Å². The quantitative estimate of drug-likeness (QED) is 0.640. The highest BCUT2D eigenvalue weighted by Gasteiger charge is 2.10. The number of rotatable bonds is 6. The van der Waals surface area contributed by atoms with Crippen LogP contribution in [0.15, 0.2) is 23.2 Å². The van der Waals surface area contributed by atoms with Crippen molar-refractivity contribution in [2.24, 2.45) is 4.99 Å². The second kappa shape index (κ2) is 7.53. The Labute approximate surface area is 119 Å². The molecule has 5 heteroatoms. The van der Waals surface area contributed by atoms with Crippen LogP contribution in [0.25, 0.3) is 0 Å². The minimum absolute atomic E-state index is 0.148. The van der Waals surface area contributed by atoms with Gasteiger partial charge in [0.25, 0.3) is 0 Å². The highest BCUT2D eigenvalue weighted by atomic mass is 16.5. The first-order chi connectivity index (χ1) is 9.53. The van der Waals surface area contributed by atoms with Crippen LogP contribution in [0.1, 0.15) is 26.3 Å². The smallest absolute Gasteiger partial charge is 0.330 e. The fraction of sp³-hybridized carbons (Fsp3) is 0.467. The summed E-state index contributed by atoms with van der Waals surface area (Å²) in [6.45, 7) is 7.52. The minimum Gasteiger partial charge on any atom is -0.507 e. The Bertz CT molecular complexity index is 482. The highest BCUT2D eigenvalue weighted by molar-refractivity contribution is 5.87. The number of phenols is 1. The lowest BCUT2D eigenvalue weighted by Gasteiger charge is -2.21. The third-order valence-electron chi connectivity index (χ3n) is 3.12. The van der Waals surface area contributed by atoms with Gasteiger partial charge in [-0.15, -0.1) is 0 Å². The zero-order valence-corrected chi connectivity index (χ0v) is 12.5. The van der Waals surface area contributed by atoms with E-state index in [9.17, 15) is 9.90 Å². The molecule has 1 N–H and O–H groups in total. The van der Waals surface area contributed by atoms with Crippen LogP contribution in [0, 0.1) is 0 Å². The summed E-state index contributed by atoms with van der Waals surface area (Å²) in [4.78, 5) is 17.4. The van der Waals surface area contributed by atoms with Crippen molar-refractivity contribution in [3.63, 3.8) is 0 Å². The van der Waals surface area contributed by atoms with Gasteiger partial charge >= 0.3 is 5.97 Å². The number of methoxy groups -OCH3 is 1. The summed E-state index contributed by atoms with van der Waals surface area (Å²) in [5, 5.41) is 10.0. The van der Waals surface area contributed by atoms with Gasteiger partial charge in [-0.1, -0.05) is 0 Å². The van der Waals surface area contributed by atoms with Crippen LogP contribution in [-0.4, -0.2) is 43.5 Å². The molecule has 20 heavy (non-hydrogen) atoms. The van der Waals surface area contributed by atoms with Crippen LogP contribution in [0.5, 0.6) is 5.75 Å². The number of ether oxygens (including phenoxy) is 1. The topological polar surface area (TPSA) is 62.1 Å². The molecule has 0 fully saturated rings. The van der Waals surface area contributed by atoms with Gasteiger partial charge < -0.3 is 14.7 Å². The number of nitrogens with zero attached hydrogens (tertiary/aromatic N) is 2. The number of carbonyl (C=O) groups excluding carboxylic acids is 1. The van der Waals surface area contributed by atoms with Gasteiger partial charge in [0.2, 0.25) is 0 Å². The first-order valence-electron chi connectivity index (χ1n) is 6.72. The molecule has 0 saturated carbocycles. The number of hydrogen-bond donors (Lipinski definition) is 1. The van der Waals surface area contributed by atoms with E-state index < -0.39 is 12.0 Å². The molecular formula is C15H22N2O3. The second-order valence-electron chi connectivity index (χ2n) is 4.39. The molecule has 5 nitrogen and oxygen atoms in total. The average molecular weight is 278 g/mol. The van der Waals surface area contributed by atoms with Gasteiger partial charge in [-0.2, -0.15) is 0 Å². The second-order valence-corrected chi connectivity index (χ2v) is 4.39. The Morgan fingerprint density at radius 3 is 2.60 bits per heavy atom. The average Bonchev–Trinajstić information content (AvgIpc) is 2.46. The first-order valence-corrected chi connectivity index (χ1v) is 6.72. The SMILES string of the molecule is CCN(CC)c1ccc(C=N[C@@H](C)C(=O)OC)c(O)c1. The molecule has 0 spiro atoms. The maximum atomic E-state index is 11.2. The standard InChI is InChI=1S/C15H22N2O3/c1-5-17(6-2)13-8-7-12(14(18)9-13)10-16-11(3)15(19)20-4/h7-11,18H,5-6H2,1-4H3/t11-/m0/s1. The predicted octanol–water partition coefficient (Wildman–Crippen LogP) is 2.22. The third-order valence-corrected chi connectivity index (χ3v) is 3.12. The number of aromatic hydroxyl groups is 1. The molecule has 0 unspecified atom stereocenters. The maximum Gasteiger partial charge on any atom is 0.330 e. The Morgan fingerprint density at radius 2 is 2.10 bits per heavy atom. The minimum atomic E-state index is -0.582. The van der Waals surface area contributed by atoms with Crippen LogP contribution >= 0.6 is 0 Å². The van der Waals surface area contributed by atoms with Crippen LogP contribution < -0.4 is 4.90 Å². The van der Waals surface area contributed by atoms with Crippen molar-refractivity contribution in [3.8, 4) is 5.75 Å². The molecule has 1 atom stereocenters. The fourth-order valence-electron chi connectivity index (χ4n) is 1.85. The molecule has 0 aliphatic carbocycles. The fourth-order valence-corrected chi connectivity index (χ4v) is 1.85. The molecule has 0 saturated heterocycles. The number of aliphatic imine (C=N–C) groups is 1. The third kappa shape index (κ3) is 3.98. The molecule has 0 aliphatic rings. The van der Waals surface area contributed by atoms with Crippen LogP contribution in [0.3, 0.4) is 0 Å². The molecular weight excluding hydrogens is 256 g/mol. The number of hydrogen-bond acceptors (Lipinski definition) is 5. The predicted molar refractivity (Wildman–Crippen MR) is 80.7 cm³/mol. The molecule has 0 bridgehead atoms. The summed E-state index contributed by atoms with van der Waals surface area (Å²) in [6, 6.07) is 4.84. The van der Waals surface area contributed by atoms with Gasteiger partial charge in [0.1, 0.15) is 11.8 Å². The highest BCUT2D eigenvalue weighted by Crippen LogP contribution is 2.23. The zero-order chi connectivity index (χ0) is 15.1. The molecule has 110 valence electrons. The maximum absolute atomic E-state index is 11.2. The van der Waals surface area contributed by atoms with Gasteiger partial charge in [0.05, 0.1) is 7.11 Å². The van der Waals surface area contributed by atoms with Gasteiger partial charge in [-0.05, 0) is 32.9 Å². The molecule has 0 aromatic heterocycles. The van der Waals surface area contributed by atoms with E-state index >= 15 is 0 Å². The summed E-state index contributed by atoms with van der Waals surface area (Å²) in [7, 11) is 1.32. The van der Waals surface area contributed by atoms with Crippen molar-refractivity contribution in [2.45, 2.75) is 26.8 Å². The number of phenolic OH excluding ortho intramolecular Hbond substituents is 1. The van der Waals surface area contributed by atoms with Crippen LogP contribution in [-0.2, 0) is 9.53 Å². The monoisotopic (exact) mass is 278 g/mol. The number of esters is 1. The lowest BCUT2D eigenvalue weighted by Crippen LogP contribution is -2.21. The Morgan fingerprint density at radius 1 is 1.45 bits per heavy atom. The van der Waals surface area contributed by atoms with Crippen molar-refractivity contribution in [1.29, 1.82) is 0 Å². The molecule has 1 aromatic rings. The summed E-state index contributed by atoms with van der Waals surface area (Å²) < 4.78 is 4.59. The number of carbonyl (C=O) groups is 1. The van der Waals surface area contributed by atoms with E-state index in [1.807, 2.05) is 6.07 Å². The van der Waals surface area contributed by atoms with Gasteiger partial charge in [0.15, 0.2) is 0 Å². The molecule has 0 amide bonds. The van der Waals surface area contributed by atoms with E-state index in [4.69, 9.17) is 0 Å². The lowest BCUT2D eigenvalue weighted by molar-refractivity contribution is -0.141. The molecule has 1 aromatic carbocycles. The normalized spacial score (nSPS) is 12.4. The van der Waals surface area contributed by atoms with E-state index in [-0.39, 0.29) is 5.75 Å². The van der Waals surface area contributed by atoms with Crippen molar-refractivity contribution in [3.05, 3.63) is 23.8 Å². The molecule has 0 heterocycles. The van der Waals surface area contributed by atoms with Crippen LogP contribution in [0.4, 0.5) is 5.69 Å². The molecule has 0 aliphatic heterocycles. The van der Waals surface area contributed by atoms with Crippen LogP contribution in [0.2, 0.25) is 0 Å². The first kappa shape index (κ1) is 16.0. The van der Waals surface area contributed by atoms with E-state index in [0.717, 1.165) is 18.8 Å². The van der Waals surface area contributed by atoms with Crippen molar-refractivity contribution >= 4 is 17.9 Å². The summed E-state index contributed by atoms with van der Waals surface area (Å²) in [5.74, 6) is -0.254. The van der Waals surface area contributed by atoms with Gasteiger partial charge in [-0.25, -0.2) is 4.79 Å².